The molecule has 2 saturated carbocycles. The van der Waals surface area contributed by atoms with Crippen LogP contribution >= 0.6 is 0 Å². The summed E-state index contributed by atoms with van der Waals surface area (Å²) in [5.74, 6) is -2.31. The highest BCUT2D eigenvalue weighted by molar-refractivity contribution is 6.23. The first-order valence-electron chi connectivity index (χ1n) is 14.6. The van der Waals surface area contributed by atoms with Crippen molar-refractivity contribution >= 4 is 41.0 Å². The number of imide groups is 1. The van der Waals surface area contributed by atoms with Gasteiger partial charge in [-0.3, -0.25) is 19.3 Å². The zero-order chi connectivity index (χ0) is 30.1. The van der Waals surface area contributed by atoms with Crippen molar-refractivity contribution in [1.29, 1.82) is 0 Å². The number of nitrogens with one attached hydrogen (secondary N) is 1. The quantitative estimate of drug-likeness (QED) is 0.280. The van der Waals surface area contributed by atoms with E-state index in [0.29, 0.717) is 23.5 Å². The Morgan fingerprint density at radius 1 is 0.814 bits per heavy atom. The van der Waals surface area contributed by atoms with Gasteiger partial charge in [0.15, 0.2) is 6.61 Å². The van der Waals surface area contributed by atoms with E-state index in [1.807, 2.05) is 25.1 Å². The minimum atomic E-state index is -0.755. The highest BCUT2D eigenvalue weighted by Gasteiger charge is 2.64. The fourth-order valence-electron chi connectivity index (χ4n) is 6.95. The average Bonchev–Trinajstić information content (AvgIpc) is 3.70. The molecule has 0 radical (unpaired) electrons. The number of amides is 3. The van der Waals surface area contributed by atoms with Crippen LogP contribution in [0.25, 0.3) is 0 Å². The van der Waals surface area contributed by atoms with Crippen molar-refractivity contribution in [3.63, 3.8) is 0 Å². The van der Waals surface area contributed by atoms with E-state index in [1.165, 1.54) is 34.7 Å². The van der Waals surface area contributed by atoms with Crippen LogP contribution in [0.3, 0.4) is 0 Å². The number of hydrogen-bond donors (Lipinski definition) is 1. The van der Waals surface area contributed by atoms with Gasteiger partial charge in [-0.25, -0.2) is 9.59 Å². The summed E-state index contributed by atoms with van der Waals surface area (Å²) in [6, 6.07) is 22.6. The Balaban J connectivity index is 1.07. The Labute approximate surface area is 249 Å². The van der Waals surface area contributed by atoms with Crippen LogP contribution in [0.1, 0.15) is 58.4 Å². The second-order valence-electron chi connectivity index (χ2n) is 11.4. The molecule has 2 aliphatic carbocycles. The van der Waals surface area contributed by atoms with E-state index >= 15 is 0 Å². The molecule has 6 rings (SSSR count). The van der Waals surface area contributed by atoms with Gasteiger partial charge in [0.25, 0.3) is 5.91 Å². The van der Waals surface area contributed by atoms with Crippen LogP contribution in [0.5, 0.6) is 0 Å². The summed E-state index contributed by atoms with van der Waals surface area (Å²) in [5.41, 5.74) is 2.46. The Morgan fingerprint density at radius 2 is 1.53 bits per heavy atom. The molecule has 3 fully saturated rings. The van der Waals surface area contributed by atoms with E-state index in [-0.39, 0.29) is 47.0 Å². The Hall–Kier alpha value is -4.79. The van der Waals surface area contributed by atoms with Gasteiger partial charge in [0.1, 0.15) is 0 Å². The predicted octanol–water partition coefficient (Wildman–Crippen LogP) is 4.98. The highest BCUT2D eigenvalue weighted by atomic mass is 16.5. The number of hydrogen-bond acceptors (Lipinski definition) is 7. The topological polar surface area (TPSA) is 119 Å². The molecule has 1 aliphatic heterocycles. The number of rotatable bonds is 9. The summed E-state index contributed by atoms with van der Waals surface area (Å²) in [5, 5.41) is 2.61. The maximum absolute atomic E-state index is 13.6. The summed E-state index contributed by atoms with van der Waals surface area (Å²) < 4.78 is 10.3. The molecular formula is C34H32N2O7. The first-order valence-corrected chi connectivity index (χ1v) is 14.6. The summed E-state index contributed by atoms with van der Waals surface area (Å²) in [6.45, 7) is 1.69. The first kappa shape index (κ1) is 28.3. The summed E-state index contributed by atoms with van der Waals surface area (Å²) >= 11 is 0. The molecule has 3 aromatic carbocycles. The molecule has 2 bridgehead atoms. The molecule has 9 heteroatoms. The van der Waals surface area contributed by atoms with Crippen molar-refractivity contribution in [3.05, 3.63) is 95.6 Å². The fraction of sp³-hybridized carbons (Fsp3) is 0.324. The minimum absolute atomic E-state index is 0.122. The molecule has 9 nitrogen and oxygen atoms in total. The number of fused-ring (bicyclic) bond motifs is 5. The second-order valence-corrected chi connectivity index (χ2v) is 11.4. The van der Waals surface area contributed by atoms with E-state index in [1.54, 1.807) is 24.3 Å². The number of esters is 2. The SMILES string of the molecule is CCCOC(=O)c1ccc(NC(=O)COC(=O)c2cccc(N3C(=O)[C@@H]4[C@@H]5C[C@@H]([C@@H]4C3=O)[C@H](c3ccccc3)C5)c2)cc1. The summed E-state index contributed by atoms with van der Waals surface area (Å²) in [4.78, 5) is 65.5. The van der Waals surface area contributed by atoms with Crippen LogP contribution in [0.2, 0.25) is 0 Å². The third-order valence-electron chi connectivity index (χ3n) is 8.76. The van der Waals surface area contributed by atoms with Gasteiger partial charge in [0.05, 0.1) is 35.3 Å². The van der Waals surface area contributed by atoms with Gasteiger partial charge in [-0.2, -0.15) is 0 Å². The third kappa shape index (κ3) is 5.43. The molecule has 0 aromatic heterocycles. The molecule has 3 amide bonds. The van der Waals surface area contributed by atoms with Crippen molar-refractivity contribution in [1.82, 2.24) is 0 Å². The zero-order valence-electron chi connectivity index (χ0n) is 23.7. The van der Waals surface area contributed by atoms with Gasteiger partial charge in [0, 0.05) is 5.69 Å². The third-order valence-corrected chi connectivity index (χ3v) is 8.76. The van der Waals surface area contributed by atoms with Gasteiger partial charge in [-0.1, -0.05) is 43.3 Å². The average molecular weight is 581 g/mol. The zero-order valence-corrected chi connectivity index (χ0v) is 23.7. The maximum atomic E-state index is 13.6. The number of nitrogens with zero attached hydrogens (tertiary/aromatic N) is 1. The number of ether oxygens (including phenoxy) is 2. The molecule has 5 atom stereocenters. The normalized spacial score (nSPS) is 23.7. The first-order chi connectivity index (χ1) is 20.9. The number of anilines is 2. The van der Waals surface area contributed by atoms with E-state index in [4.69, 9.17) is 9.47 Å². The second kappa shape index (κ2) is 11.8. The highest BCUT2D eigenvalue weighted by Crippen LogP contribution is 2.61. The molecule has 0 spiro atoms. The van der Waals surface area contributed by atoms with Crippen LogP contribution in [-0.2, 0) is 23.9 Å². The molecule has 1 saturated heterocycles. The summed E-state index contributed by atoms with van der Waals surface area (Å²) in [7, 11) is 0. The Kier molecular flexibility index (Phi) is 7.80. The lowest BCUT2D eigenvalue weighted by molar-refractivity contribution is -0.123. The van der Waals surface area contributed by atoms with Crippen molar-refractivity contribution in [3.8, 4) is 0 Å². The van der Waals surface area contributed by atoms with Gasteiger partial charge in [0.2, 0.25) is 11.8 Å². The van der Waals surface area contributed by atoms with Gasteiger partial charge in [-0.05, 0) is 85.0 Å². The Bertz CT molecular complexity index is 1570. The number of benzene rings is 3. The molecule has 43 heavy (non-hydrogen) atoms. The molecule has 3 aliphatic rings. The largest absolute Gasteiger partial charge is 0.462 e. The van der Waals surface area contributed by atoms with E-state index < -0.39 is 24.5 Å². The van der Waals surface area contributed by atoms with Crippen LogP contribution in [-0.4, -0.2) is 42.9 Å². The van der Waals surface area contributed by atoms with Gasteiger partial charge < -0.3 is 14.8 Å². The molecule has 3 aromatic rings. The smallest absolute Gasteiger partial charge is 0.338 e. The number of carbonyl (C=O) groups is 5. The summed E-state index contributed by atoms with van der Waals surface area (Å²) in [6.07, 6.45) is 2.49. The molecule has 1 heterocycles. The lowest BCUT2D eigenvalue weighted by atomic mass is 9.73. The monoisotopic (exact) mass is 580 g/mol. The minimum Gasteiger partial charge on any atom is -0.462 e. The van der Waals surface area contributed by atoms with Crippen molar-refractivity contribution in [2.45, 2.75) is 32.1 Å². The lowest BCUT2D eigenvalue weighted by Gasteiger charge is -2.28. The van der Waals surface area contributed by atoms with Crippen LogP contribution in [0.4, 0.5) is 11.4 Å². The Morgan fingerprint density at radius 3 is 2.28 bits per heavy atom. The number of carbonyl (C=O) groups excluding carboxylic acids is 5. The molecule has 220 valence electrons. The maximum Gasteiger partial charge on any atom is 0.338 e. The van der Waals surface area contributed by atoms with Gasteiger partial charge in [-0.15, -0.1) is 0 Å². The van der Waals surface area contributed by atoms with Crippen molar-refractivity contribution in [2.75, 3.05) is 23.4 Å². The van der Waals surface area contributed by atoms with Crippen LogP contribution in [0, 0.1) is 23.7 Å². The molecule has 0 unspecified atom stereocenters. The molecular weight excluding hydrogens is 548 g/mol. The van der Waals surface area contributed by atoms with E-state index in [9.17, 15) is 24.0 Å². The van der Waals surface area contributed by atoms with E-state index in [0.717, 1.165) is 19.3 Å². The van der Waals surface area contributed by atoms with Gasteiger partial charge >= 0.3 is 11.9 Å². The standard InChI is InChI=1S/C34H32N2O7/c1-2-15-42-33(40)21-11-13-24(14-12-21)35-28(37)19-43-34(41)22-9-6-10-25(16-22)36-31(38)29-23-17-26(20-7-4-3-5-8-20)27(18-23)30(29)32(36)39/h3-14,16,23,26-27,29-30H,2,15,17-19H2,1H3,(H,35,37)/t23-,26-,27+,29+,30-/m0/s1. The van der Waals surface area contributed by atoms with Crippen molar-refractivity contribution in [2.24, 2.45) is 23.7 Å². The fourth-order valence-corrected chi connectivity index (χ4v) is 6.95. The predicted molar refractivity (Wildman–Crippen MR) is 157 cm³/mol. The van der Waals surface area contributed by atoms with E-state index in [2.05, 4.69) is 17.4 Å². The lowest BCUT2D eigenvalue weighted by Crippen LogP contribution is -2.33. The van der Waals surface area contributed by atoms with Crippen LogP contribution in [0.15, 0.2) is 78.9 Å². The molecule has 1 N–H and O–H groups in total. The van der Waals surface area contributed by atoms with Crippen molar-refractivity contribution < 1.29 is 33.4 Å². The van der Waals surface area contributed by atoms with Crippen LogP contribution < -0.4 is 10.2 Å².